The smallest absolute Gasteiger partial charge is 0.266 e. The van der Waals surface area contributed by atoms with Gasteiger partial charge in [0.05, 0.1) is 13.3 Å². The summed E-state index contributed by atoms with van der Waals surface area (Å²) in [6.45, 7) is 7.97. The minimum Gasteiger partial charge on any atom is -0.494 e. The molecule has 0 saturated heterocycles. The quantitative estimate of drug-likeness (QED) is 0.462. The number of fused-ring (bicyclic) bond motifs is 1. The van der Waals surface area contributed by atoms with Gasteiger partial charge in [-0.15, -0.1) is 11.3 Å². The van der Waals surface area contributed by atoms with Crippen molar-refractivity contribution in [2.24, 2.45) is 0 Å². The second-order valence-corrected chi connectivity index (χ2v) is 6.94. The van der Waals surface area contributed by atoms with E-state index in [1.165, 1.54) is 11.3 Å². The number of ether oxygens (including phenoxy) is 1. The molecule has 1 N–H and O–H groups in total. The number of halogens is 2. The fraction of sp³-hybridized carbons (Fsp3) is 0.471. The first-order valence-electron chi connectivity index (χ1n) is 7.70. The second kappa shape index (κ2) is 10.4. The van der Waals surface area contributed by atoms with Crippen molar-refractivity contribution in [1.29, 1.82) is 0 Å². The Bertz CT molecular complexity index is 672. The van der Waals surface area contributed by atoms with Crippen molar-refractivity contribution >= 4 is 59.2 Å². The predicted octanol–water partition coefficient (Wildman–Crippen LogP) is 5.10. The summed E-state index contributed by atoms with van der Waals surface area (Å²) in [5.74, 6) is 2.37. The van der Waals surface area contributed by atoms with Crippen LogP contribution in [0.5, 0.6) is 5.75 Å². The van der Waals surface area contributed by atoms with Gasteiger partial charge in [-0.05, 0) is 44.0 Å². The first-order chi connectivity index (χ1) is 11.5. The fourth-order valence-electron chi connectivity index (χ4n) is 2.52. The molecule has 0 fully saturated rings. The summed E-state index contributed by atoms with van der Waals surface area (Å²) in [5.41, 5.74) is 0. The largest absolute Gasteiger partial charge is 0.494 e. The average Bonchev–Trinajstić information content (AvgIpc) is 2.95. The highest BCUT2D eigenvalue weighted by molar-refractivity contribution is 9.10. The van der Waals surface area contributed by atoms with E-state index in [4.69, 9.17) is 4.74 Å². The minimum atomic E-state index is -0.0893. The minimum absolute atomic E-state index is 0.0100. The average molecular weight is 480 g/mol. The van der Waals surface area contributed by atoms with Gasteiger partial charge in [0.2, 0.25) is 0 Å². The van der Waals surface area contributed by atoms with Crippen molar-refractivity contribution in [3.63, 3.8) is 0 Å². The lowest BCUT2D eigenvalue weighted by atomic mass is 10.2. The molecule has 7 heteroatoms. The lowest BCUT2D eigenvalue weighted by Gasteiger charge is -2.26. The standard InChI is InChI=1S/C16H21BrN2O2S.CH3Br/c1-5-19(6-2)10(3)18-16(20)15-14(21-4)12-9-11(17)7-8-13(12)22-15;1-2/h7-10H,5-6H2,1-4H3,(H,18,20);1H3. The summed E-state index contributed by atoms with van der Waals surface area (Å²) >= 11 is 7.86. The maximum atomic E-state index is 12.6. The summed E-state index contributed by atoms with van der Waals surface area (Å²) in [6.07, 6.45) is -0.0100. The zero-order valence-corrected chi connectivity index (χ0v) is 18.6. The molecule has 2 aromatic rings. The van der Waals surface area contributed by atoms with Gasteiger partial charge in [0.15, 0.2) is 0 Å². The van der Waals surface area contributed by atoms with Crippen LogP contribution in [0.2, 0.25) is 0 Å². The first-order valence-corrected chi connectivity index (χ1v) is 10.9. The van der Waals surface area contributed by atoms with Gasteiger partial charge in [-0.3, -0.25) is 9.69 Å². The van der Waals surface area contributed by atoms with Crippen LogP contribution in [-0.2, 0) is 0 Å². The Kier molecular flexibility index (Phi) is 9.26. The van der Waals surface area contributed by atoms with E-state index in [9.17, 15) is 4.79 Å². The monoisotopic (exact) mass is 478 g/mol. The number of nitrogens with zero attached hydrogens (tertiary/aromatic N) is 1. The maximum Gasteiger partial charge on any atom is 0.266 e. The van der Waals surface area contributed by atoms with Crippen LogP contribution in [0.15, 0.2) is 22.7 Å². The zero-order chi connectivity index (χ0) is 18.3. The van der Waals surface area contributed by atoms with Crippen LogP contribution in [0.25, 0.3) is 10.1 Å². The zero-order valence-electron chi connectivity index (χ0n) is 14.7. The van der Waals surface area contributed by atoms with Crippen LogP contribution >= 0.6 is 43.2 Å². The van der Waals surface area contributed by atoms with E-state index < -0.39 is 0 Å². The summed E-state index contributed by atoms with van der Waals surface area (Å²) in [7, 11) is 1.60. The molecule has 24 heavy (non-hydrogen) atoms. The Hall–Kier alpha value is -0.630. The van der Waals surface area contributed by atoms with Crippen molar-refractivity contribution in [3.05, 3.63) is 27.5 Å². The Labute approximate surface area is 164 Å². The van der Waals surface area contributed by atoms with Crippen molar-refractivity contribution in [3.8, 4) is 5.75 Å². The van der Waals surface area contributed by atoms with Gasteiger partial charge in [-0.25, -0.2) is 0 Å². The molecule has 0 saturated carbocycles. The summed E-state index contributed by atoms with van der Waals surface area (Å²) < 4.78 is 7.50. The van der Waals surface area contributed by atoms with Gasteiger partial charge >= 0.3 is 0 Å². The molecule has 0 aliphatic carbocycles. The molecular weight excluding hydrogens is 456 g/mol. The Morgan fingerprint density at radius 3 is 2.50 bits per heavy atom. The molecule has 0 spiro atoms. The number of hydrogen-bond acceptors (Lipinski definition) is 4. The summed E-state index contributed by atoms with van der Waals surface area (Å²) in [4.78, 5) is 15.4. The Morgan fingerprint density at radius 1 is 1.33 bits per heavy atom. The van der Waals surface area contributed by atoms with Crippen molar-refractivity contribution in [2.45, 2.75) is 26.9 Å². The third-order valence-electron chi connectivity index (χ3n) is 3.71. The number of methoxy groups -OCH3 is 1. The van der Waals surface area contributed by atoms with E-state index in [1.54, 1.807) is 7.11 Å². The third kappa shape index (κ3) is 4.94. The van der Waals surface area contributed by atoms with E-state index in [2.05, 4.69) is 55.9 Å². The molecule has 1 aromatic heterocycles. The maximum absolute atomic E-state index is 12.6. The van der Waals surface area contributed by atoms with E-state index in [-0.39, 0.29) is 12.1 Å². The molecule has 1 amide bonds. The van der Waals surface area contributed by atoms with E-state index in [1.807, 2.05) is 31.0 Å². The van der Waals surface area contributed by atoms with Gasteiger partial charge in [0, 0.05) is 14.6 Å². The van der Waals surface area contributed by atoms with Gasteiger partial charge < -0.3 is 10.1 Å². The third-order valence-corrected chi connectivity index (χ3v) is 5.36. The molecule has 134 valence electrons. The van der Waals surface area contributed by atoms with Crippen molar-refractivity contribution in [2.75, 3.05) is 26.0 Å². The molecule has 0 aliphatic heterocycles. The normalized spacial score (nSPS) is 11.8. The molecule has 0 bridgehead atoms. The van der Waals surface area contributed by atoms with E-state index in [0.717, 1.165) is 27.6 Å². The Balaban J connectivity index is 0.00000139. The number of carbonyl (C=O) groups is 1. The fourth-order valence-corrected chi connectivity index (χ4v) is 3.93. The number of carbonyl (C=O) groups excluding carboxylic acids is 1. The lowest BCUT2D eigenvalue weighted by molar-refractivity contribution is 0.0876. The van der Waals surface area contributed by atoms with E-state index >= 15 is 0 Å². The number of hydrogen-bond donors (Lipinski definition) is 1. The number of benzene rings is 1. The van der Waals surface area contributed by atoms with Crippen LogP contribution in [0.3, 0.4) is 0 Å². The molecule has 1 aromatic carbocycles. The van der Waals surface area contributed by atoms with Crippen LogP contribution in [0.1, 0.15) is 30.4 Å². The van der Waals surface area contributed by atoms with Crippen LogP contribution in [0, 0.1) is 0 Å². The number of thiophene rings is 1. The molecule has 2 rings (SSSR count). The molecule has 1 unspecified atom stereocenters. The molecular formula is C17H24Br2N2O2S. The first kappa shape index (κ1) is 21.4. The molecule has 1 atom stereocenters. The highest BCUT2D eigenvalue weighted by Crippen LogP contribution is 2.39. The highest BCUT2D eigenvalue weighted by atomic mass is 79.9. The number of amides is 1. The molecule has 1 heterocycles. The second-order valence-electron chi connectivity index (χ2n) is 4.98. The Morgan fingerprint density at radius 2 is 1.96 bits per heavy atom. The van der Waals surface area contributed by atoms with Gasteiger partial charge in [0.1, 0.15) is 10.6 Å². The van der Waals surface area contributed by atoms with Crippen LogP contribution in [-0.4, -0.2) is 43.0 Å². The SMILES string of the molecule is CBr.CCN(CC)C(C)NC(=O)c1sc2ccc(Br)cc2c1OC. The topological polar surface area (TPSA) is 41.6 Å². The van der Waals surface area contributed by atoms with Gasteiger partial charge in [-0.2, -0.15) is 0 Å². The van der Waals surface area contributed by atoms with Crippen molar-refractivity contribution < 1.29 is 9.53 Å². The van der Waals surface area contributed by atoms with Crippen molar-refractivity contribution in [1.82, 2.24) is 10.2 Å². The lowest BCUT2D eigenvalue weighted by Crippen LogP contribution is -2.45. The summed E-state index contributed by atoms with van der Waals surface area (Å²) in [5, 5.41) is 4.01. The van der Waals surface area contributed by atoms with Crippen LogP contribution < -0.4 is 10.1 Å². The van der Waals surface area contributed by atoms with E-state index in [0.29, 0.717) is 10.6 Å². The molecule has 0 radical (unpaired) electrons. The summed E-state index contributed by atoms with van der Waals surface area (Å²) in [6, 6.07) is 5.95. The molecule has 0 aliphatic rings. The van der Waals surface area contributed by atoms with Crippen LogP contribution in [0.4, 0.5) is 0 Å². The number of rotatable bonds is 6. The number of alkyl halides is 1. The van der Waals surface area contributed by atoms with Gasteiger partial charge in [0.25, 0.3) is 5.91 Å². The predicted molar refractivity (Wildman–Crippen MR) is 111 cm³/mol. The van der Waals surface area contributed by atoms with Gasteiger partial charge in [-0.1, -0.05) is 45.7 Å². The number of nitrogens with one attached hydrogen (secondary N) is 1. The molecule has 4 nitrogen and oxygen atoms in total. The highest BCUT2D eigenvalue weighted by Gasteiger charge is 2.22.